The largest absolute Gasteiger partial charge is 0.463 e. The van der Waals surface area contributed by atoms with Crippen molar-refractivity contribution >= 4 is 17.8 Å². The third-order valence-corrected chi connectivity index (χ3v) is 3.35. The van der Waals surface area contributed by atoms with E-state index >= 15 is 0 Å². The predicted molar refractivity (Wildman–Crippen MR) is 78.4 cm³/mol. The predicted octanol–water partition coefficient (Wildman–Crippen LogP) is 0.869. The second kappa shape index (κ2) is 8.44. The van der Waals surface area contributed by atoms with E-state index in [0.717, 1.165) is 0 Å². The minimum Gasteiger partial charge on any atom is -0.463 e. The van der Waals surface area contributed by atoms with Crippen molar-refractivity contribution in [2.75, 3.05) is 19.6 Å². The van der Waals surface area contributed by atoms with E-state index in [0.29, 0.717) is 25.9 Å². The molecule has 118 valence electrons. The van der Waals surface area contributed by atoms with Gasteiger partial charge in [0.15, 0.2) is 0 Å². The van der Waals surface area contributed by atoms with Crippen LogP contribution in [-0.4, -0.2) is 48.4 Å². The highest BCUT2D eigenvalue weighted by Crippen LogP contribution is 2.17. The Morgan fingerprint density at radius 3 is 2.48 bits per heavy atom. The van der Waals surface area contributed by atoms with E-state index in [-0.39, 0.29) is 42.8 Å². The Morgan fingerprint density at radius 2 is 1.95 bits per heavy atom. The molecule has 1 N–H and O–H groups in total. The third kappa shape index (κ3) is 5.97. The molecule has 0 aromatic rings. The van der Waals surface area contributed by atoms with Gasteiger partial charge in [0, 0.05) is 25.6 Å². The number of amides is 2. The number of hydrogen-bond acceptors (Lipinski definition) is 4. The Hall–Kier alpha value is -1.85. The van der Waals surface area contributed by atoms with Crippen molar-refractivity contribution in [1.29, 1.82) is 0 Å². The molecule has 0 atom stereocenters. The van der Waals surface area contributed by atoms with Crippen LogP contribution in [0, 0.1) is 5.92 Å². The molecular weight excluding hydrogens is 272 g/mol. The molecule has 1 aliphatic heterocycles. The highest BCUT2D eigenvalue weighted by Gasteiger charge is 2.26. The summed E-state index contributed by atoms with van der Waals surface area (Å²) in [4.78, 5) is 36.4. The van der Waals surface area contributed by atoms with Crippen LogP contribution >= 0.6 is 0 Å². The summed E-state index contributed by atoms with van der Waals surface area (Å²) >= 11 is 0. The van der Waals surface area contributed by atoms with Crippen molar-refractivity contribution in [2.45, 2.75) is 39.2 Å². The summed E-state index contributed by atoms with van der Waals surface area (Å²) in [6.45, 7) is 8.45. The van der Waals surface area contributed by atoms with Crippen molar-refractivity contribution in [1.82, 2.24) is 10.2 Å². The fraction of sp³-hybridized carbons (Fsp3) is 0.667. The first-order valence-electron chi connectivity index (χ1n) is 7.32. The Balaban J connectivity index is 2.24. The minimum absolute atomic E-state index is 0.0574. The number of ether oxygens (including phenoxy) is 1. The van der Waals surface area contributed by atoms with Gasteiger partial charge >= 0.3 is 5.97 Å². The Kier molecular flexibility index (Phi) is 6.91. The Morgan fingerprint density at radius 1 is 1.33 bits per heavy atom. The lowest BCUT2D eigenvalue weighted by molar-refractivity contribution is -0.147. The average molecular weight is 296 g/mol. The summed E-state index contributed by atoms with van der Waals surface area (Å²) in [5.74, 6) is -0.556. The lowest BCUT2D eigenvalue weighted by Gasteiger charge is -2.30. The van der Waals surface area contributed by atoms with Crippen LogP contribution < -0.4 is 5.32 Å². The first-order valence-corrected chi connectivity index (χ1v) is 7.32. The van der Waals surface area contributed by atoms with Gasteiger partial charge in [0.25, 0.3) is 0 Å². The molecule has 0 spiro atoms. The van der Waals surface area contributed by atoms with E-state index in [1.807, 2.05) is 0 Å². The Bertz CT molecular complexity index is 398. The van der Waals surface area contributed by atoms with Gasteiger partial charge in [-0.1, -0.05) is 6.58 Å². The number of carbonyl (C=O) groups is 3. The van der Waals surface area contributed by atoms with Gasteiger partial charge in [-0.2, -0.15) is 0 Å². The van der Waals surface area contributed by atoms with Crippen LogP contribution in [0.5, 0.6) is 0 Å². The SMILES string of the molecule is C=CC(=O)N1CCC(C(=O)NCCC(=O)OC(C)C)CC1. The molecule has 2 amide bonds. The molecule has 6 nitrogen and oxygen atoms in total. The van der Waals surface area contributed by atoms with Crippen LogP contribution in [0.15, 0.2) is 12.7 Å². The van der Waals surface area contributed by atoms with Crippen molar-refractivity contribution < 1.29 is 19.1 Å². The van der Waals surface area contributed by atoms with Gasteiger partial charge in [-0.15, -0.1) is 0 Å². The van der Waals surface area contributed by atoms with Crippen molar-refractivity contribution in [3.05, 3.63) is 12.7 Å². The highest BCUT2D eigenvalue weighted by atomic mass is 16.5. The van der Waals surface area contributed by atoms with E-state index in [1.54, 1.807) is 18.7 Å². The molecule has 1 fully saturated rings. The van der Waals surface area contributed by atoms with Crippen molar-refractivity contribution in [3.8, 4) is 0 Å². The molecule has 1 heterocycles. The molecule has 0 unspecified atom stereocenters. The minimum atomic E-state index is -0.309. The molecule has 21 heavy (non-hydrogen) atoms. The number of carbonyl (C=O) groups excluding carboxylic acids is 3. The number of piperidine rings is 1. The first kappa shape index (κ1) is 17.2. The molecular formula is C15H24N2O4. The van der Waals surface area contributed by atoms with Gasteiger partial charge in [-0.05, 0) is 32.8 Å². The molecule has 0 radical (unpaired) electrons. The molecule has 0 aromatic carbocycles. The lowest BCUT2D eigenvalue weighted by Crippen LogP contribution is -2.42. The van der Waals surface area contributed by atoms with Gasteiger partial charge in [0.2, 0.25) is 11.8 Å². The zero-order valence-corrected chi connectivity index (χ0v) is 12.8. The van der Waals surface area contributed by atoms with Crippen LogP contribution in [0.4, 0.5) is 0 Å². The van der Waals surface area contributed by atoms with Gasteiger partial charge in [0.05, 0.1) is 12.5 Å². The fourth-order valence-corrected chi connectivity index (χ4v) is 2.25. The summed E-state index contributed by atoms with van der Waals surface area (Å²) < 4.78 is 4.99. The molecule has 1 aliphatic rings. The standard InChI is InChI=1S/C15H24N2O4/c1-4-13(18)17-9-6-12(7-10-17)15(20)16-8-5-14(19)21-11(2)3/h4,11-12H,1,5-10H2,2-3H3,(H,16,20). The number of hydrogen-bond donors (Lipinski definition) is 1. The van der Waals surface area contributed by atoms with Crippen molar-refractivity contribution in [3.63, 3.8) is 0 Å². The van der Waals surface area contributed by atoms with Crippen LogP contribution in [-0.2, 0) is 19.1 Å². The second-order valence-corrected chi connectivity index (χ2v) is 5.38. The second-order valence-electron chi connectivity index (χ2n) is 5.38. The lowest BCUT2D eigenvalue weighted by atomic mass is 9.96. The van der Waals surface area contributed by atoms with Gasteiger partial charge in [-0.3, -0.25) is 14.4 Å². The first-order chi connectivity index (χ1) is 9.93. The number of esters is 1. The van der Waals surface area contributed by atoms with Crippen LogP contribution in [0.2, 0.25) is 0 Å². The molecule has 0 aliphatic carbocycles. The van der Waals surface area contributed by atoms with E-state index in [4.69, 9.17) is 4.74 Å². The molecule has 6 heteroatoms. The maximum Gasteiger partial charge on any atom is 0.307 e. The van der Waals surface area contributed by atoms with E-state index in [2.05, 4.69) is 11.9 Å². The van der Waals surface area contributed by atoms with Crippen LogP contribution in [0.25, 0.3) is 0 Å². The van der Waals surface area contributed by atoms with E-state index in [9.17, 15) is 14.4 Å². The number of nitrogens with zero attached hydrogens (tertiary/aromatic N) is 1. The molecule has 0 aromatic heterocycles. The van der Waals surface area contributed by atoms with Gasteiger partial charge < -0.3 is 15.0 Å². The number of rotatable bonds is 6. The topological polar surface area (TPSA) is 75.7 Å². The third-order valence-electron chi connectivity index (χ3n) is 3.35. The average Bonchev–Trinajstić information content (AvgIpc) is 2.45. The zero-order chi connectivity index (χ0) is 15.8. The monoisotopic (exact) mass is 296 g/mol. The van der Waals surface area contributed by atoms with E-state index in [1.165, 1.54) is 6.08 Å². The maximum atomic E-state index is 12.0. The molecule has 0 saturated carbocycles. The molecule has 1 saturated heterocycles. The molecule has 0 bridgehead atoms. The fourth-order valence-electron chi connectivity index (χ4n) is 2.25. The molecule has 1 rings (SSSR count). The normalized spacial score (nSPS) is 15.7. The summed E-state index contributed by atoms with van der Waals surface area (Å²) in [6.07, 6.45) is 2.61. The van der Waals surface area contributed by atoms with E-state index < -0.39 is 0 Å². The summed E-state index contributed by atoms with van der Waals surface area (Å²) in [7, 11) is 0. The quantitative estimate of drug-likeness (QED) is 0.583. The summed E-state index contributed by atoms with van der Waals surface area (Å²) in [5.41, 5.74) is 0. The van der Waals surface area contributed by atoms with Crippen LogP contribution in [0.1, 0.15) is 33.1 Å². The number of nitrogens with one attached hydrogen (secondary N) is 1. The zero-order valence-electron chi connectivity index (χ0n) is 12.8. The highest BCUT2D eigenvalue weighted by molar-refractivity contribution is 5.87. The Labute approximate surface area is 125 Å². The number of likely N-dealkylation sites (tertiary alicyclic amines) is 1. The van der Waals surface area contributed by atoms with Crippen LogP contribution in [0.3, 0.4) is 0 Å². The summed E-state index contributed by atoms with van der Waals surface area (Å²) in [6, 6.07) is 0. The summed E-state index contributed by atoms with van der Waals surface area (Å²) in [5, 5.41) is 2.75. The van der Waals surface area contributed by atoms with Gasteiger partial charge in [0.1, 0.15) is 0 Å². The smallest absolute Gasteiger partial charge is 0.307 e. The van der Waals surface area contributed by atoms with Crippen molar-refractivity contribution in [2.24, 2.45) is 5.92 Å². The maximum absolute atomic E-state index is 12.0. The van der Waals surface area contributed by atoms with Gasteiger partial charge in [-0.25, -0.2) is 0 Å².